The van der Waals surface area contributed by atoms with E-state index >= 15 is 0 Å². The first-order valence-corrected chi connectivity index (χ1v) is 15.4. The summed E-state index contributed by atoms with van der Waals surface area (Å²) in [7, 11) is -3.77. The van der Waals surface area contributed by atoms with E-state index < -0.39 is 16.1 Å². The number of amides is 2. The van der Waals surface area contributed by atoms with Crippen molar-refractivity contribution in [2.75, 3.05) is 55.9 Å². The van der Waals surface area contributed by atoms with E-state index in [0.717, 1.165) is 23.8 Å². The molecular formula is C27H30N6O9S. The minimum Gasteiger partial charge on any atom is -0.491 e. The highest BCUT2D eigenvalue weighted by Gasteiger charge is 2.34. The molecule has 1 aromatic carbocycles. The highest BCUT2D eigenvalue weighted by molar-refractivity contribution is 7.88. The van der Waals surface area contributed by atoms with Crippen LogP contribution in [0, 0.1) is 17.2 Å². The van der Waals surface area contributed by atoms with E-state index in [1.165, 1.54) is 4.90 Å². The van der Waals surface area contributed by atoms with Gasteiger partial charge in [0.25, 0.3) is 5.91 Å². The number of ether oxygens (including phenoxy) is 3. The highest BCUT2D eigenvalue weighted by Crippen LogP contribution is 2.34. The molecule has 2 N–H and O–H groups in total. The number of carbonyl (C=O) groups excluding carboxylic acids is 3. The molecular weight excluding hydrogens is 584 g/mol. The maximum Gasteiger partial charge on any atom is 0.415 e. The minimum atomic E-state index is -3.77. The normalized spacial score (nSPS) is 19.1. The molecule has 1 saturated heterocycles. The molecule has 1 aliphatic carbocycles. The summed E-state index contributed by atoms with van der Waals surface area (Å²) in [6, 6.07) is 9.10. The number of rotatable bonds is 13. The highest BCUT2D eigenvalue weighted by atomic mass is 32.2. The van der Waals surface area contributed by atoms with Crippen LogP contribution in [-0.2, 0) is 42.0 Å². The molecule has 0 spiro atoms. The van der Waals surface area contributed by atoms with Crippen molar-refractivity contribution < 1.29 is 41.8 Å². The minimum absolute atomic E-state index is 0.0206. The van der Waals surface area contributed by atoms with Crippen LogP contribution in [0.15, 0.2) is 24.3 Å². The Labute approximate surface area is 247 Å². The van der Waals surface area contributed by atoms with Crippen LogP contribution >= 0.6 is 0 Å². The number of fused-ring (bicyclic) bond motifs is 2. The predicted molar refractivity (Wildman–Crippen MR) is 150 cm³/mol. The molecule has 43 heavy (non-hydrogen) atoms. The fraction of sp³-hybridized carbons (Fsp3) is 0.444. The Morgan fingerprint density at radius 3 is 2.88 bits per heavy atom. The lowest BCUT2D eigenvalue weighted by atomic mass is 10.0. The third kappa shape index (κ3) is 6.96. The second-order valence-corrected chi connectivity index (χ2v) is 12.1. The Morgan fingerprint density at radius 1 is 1.28 bits per heavy atom. The number of nitrogens with one attached hydrogen (secondary N) is 2. The van der Waals surface area contributed by atoms with Crippen LogP contribution in [0.1, 0.15) is 23.1 Å². The molecule has 0 bridgehead atoms. The topological polar surface area (TPSA) is 189 Å². The number of carbonyl (C=O) groups is 3. The number of sulfonamides is 1. The van der Waals surface area contributed by atoms with Gasteiger partial charge < -0.3 is 29.7 Å². The number of nitrogens with zero attached hydrogens (tertiary/aromatic N) is 4. The summed E-state index contributed by atoms with van der Waals surface area (Å²) < 4.78 is 40.4. The molecule has 5 rings (SSSR count). The summed E-state index contributed by atoms with van der Waals surface area (Å²) in [6.07, 6.45) is 2.11. The number of nitriles is 1. The Morgan fingerprint density at radius 2 is 2.12 bits per heavy atom. The van der Waals surface area contributed by atoms with Crippen molar-refractivity contribution in [3.05, 3.63) is 41.0 Å². The summed E-state index contributed by atoms with van der Waals surface area (Å²) >= 11 is 0. The van der Waals surface area contributed by atoms with Gasteiger partial charge >= 0.3 is 12.6 Å². The number of hydrogen-bond donors (Lipinski definition) is 2. The van der Waals surface area contributed by atoms with Crippen LogP contribution in [-0.4, -0.2) is 88.1 Å². The SMILES string of the molecule is CS(=O)(=O)N(CCOc1ccc2c(c1C#N)CC(CNCCC1CN(c3ccc4c(n3)NC(=O)CO4)C(=O)O1)C2)OC=O. The smallest absolute Gasteiger partial charge is 0.415 e. The summed E-state index contributed by atoms with van der Waals surface area (Å²) in [6.45, 7) is 1.23. The molecule has 15 nitrogen and oxygen atoms in total. The van der Waals surface area contributed by atoms with Gasteiger partial charge in [-0.2, -0.15) is 5.26 Å². The Balaban J connectivity index is 1.08. The van der Waals surface area contributed by atoms with Crippen LogP contribution in [0.4, 0.5) is 16.4 Å². The van der Waals surface area contributed by atoms with Gasteiger partial charge in [-0.3, -0.25) is 14.5 Å². The molecule has 2 aliphatic heterocycles. The largest absolute Gasteiger partial charge is 0.491 e. The molecule has 1 aromatic heterocycles. The monoisotopic (exact) mass is 614 g/mol. The maximum atomic E-state index is 12.5. The fourth-order valence-electron chi connectivity index (χ4n) is 5.26. The van der Waals surface area contributed by atoms with E-state index in [9.17, 15) is 28.1 Å². The predicted octanol–water partition coefficient (Wildman–Crippen LogP) is 0.732. The van der Waals surface area contributed by atoms with Gasteiger partial charge in [0.2, 0.25) is 10.0 Å². The number of pyridine rings is 1. The van der Waals surface area contributed by atoms with E-state index in [2.05, 4.69) is 26.5 Å². The van der Waals surface area contributed by atoms with Gasteiger partial charge in [0.15, 0.2) is 18.2 Å². The van der Waals surface area contributed by atoms with Crippen LogP contribution in [0.25, 0.3) is 0 Å². The van der Waals surface area contributed by atoms with Crippen molar-refractivity contribution in [1.82, 2.24) is 14.8 Å². The molecule has 228 valence electrons. The van der Waals surface area contributed by atoms with E-state index in [4.69, 9.17) is 14.2 Å². The van der Waals surface area contributed by atoms with Crippen molar-refractivity contribution >= 4 is 40.1 Å². The van der Waals surface area contributed by atoms with E-state index in [1.807, 2.05) is 6.07 Å². The van der Waals surface area contributed by atoms with Gasteiger partial charge in [0, 0.05) is 0 Å². The fourth-order valence-corrected chi connectivity index (χ4v) is 5.86. The van der Waals surface area contributed by atoms with Gasteiger partial charge in [0.1, 0.15) is 30.3 Å². The second kappa shape index (κ2) is 12.8. The zero-order chi connectivity index (χ0) is 30.6. The lowest BCUT2D eigenvalue weighted by molar-refractivity contribution is -0.153. The first kappa shape index (κ1) is 30.0. The quantitative estimate of drug-likeness (QED) is 0.183. The lowest BCUT2D eigenvalue weighted by Crippen LogP contribution is -2.33. The zero-order valence-corrected chi connectivity index (χ0v) is 24.1. The van der Waals surface area contributed by atoms with Gasteiger partial charge in [-0.15, -0.1) is 0 Å². The van der Waals surface area contributed by atoms with Crippen LogP contribution in [0.3, 0.4) is 0 Å². The molecule has 2 atom stereocenters. The van der Waals surface area contributed by atoms with Crippen molar-refractivity contribution in [2.24, 2.45) is 5.92 Å². The third-order valence-electron chi connectivity index (χ3n) is 7.23. The van der Waals surface area contributed by atoms with Gasteiger partial charge in [-0.05, 0) is 72.1 Å². The summed E-state index contributed by atoms with van der Waals surface area (Å²) in [5.74, 6) is 1.36. The Hall–Kier alpha value is -4.46. The first-order valence-electron chi connectivity index (χ1n) is 13.5. The average molecular weight is 615 g/mol. The van der Waals surface area contributed by atoms with Crippen LogP contribution in [0.5, 0.6) is 11.5 Å². The molecule has 3 aliphatic rings. The third-order valence-corrected chi connectivity index (χ3v) is 8.24. The summed E-state index contributed by atoms with van der Waals surface area (Å²) in [5, 5.41) is 15.9. The number of benzene rings is 1. The molecule has 3 heterocycles. The summed E-state index contributed by atoms with van der Waals surface area (Å²) in [4.78, 5) is 44.9. The van der Waals surface area contributed by atoms with Crippen molar-refractivity contribution in [2.45, 2.75) is 25.4 Å². The maximum absolute atomic E-state index is 12.5. The van der Waals surface area contributed by atoms with Gasteiger partial charge in [0.05, 0.1) is 24.9 Å². The standard InChI is InChI=1S/C27H30N6O9S/c1-43(37,38)33(41-16-34)8-9-39-22-3-2-18-10-17(11-20(18)21(22)12-28)13-29-7-6-19-14-32(27(36)42-19)24-5-4-23-26(30-24)31-25(35)15-40-23/h2-5,16-17,19,29H,6-11,13-15H2,1H3,(H,30,31,35). The zero-order valence-electron chi connectivity index (χ0n) is 23.3. The van der Waals surface area contributed by atoms with Crippen molar-refractivity contribution in [1.29, 1.82) is 5.26 Å². The molecule has 0 saturated carbocycles. The van der Waals surface area contributed by atoms with E-state index in [-0.39, 0.29) is 50.0 Å². The summed E-state index contributed by atoms with van der Waals surface area (Å²) in [5.41, 5.74) is 2.36. The molecule has 0 radical (unpaired) electrons. The average Bonchev–Trinajstić information content (AvgIpc) is 3.56. The van der Waals surface area contributed by atoms with E-state index in [1.54, 1.807) is 18.2 Å². The van der Waals surface area contributed by atoms with Crippen molar-refractivity contribution in [3.8, 4) is 17.6 Å². The molecule has 2 amide bonds. The number of anilines is 2. The number of cyclic esters (lactones) is 1. The molecule has 2 unspecified atom stereocenters. The Kier molecular flexibility index (Phi) is 8.94. The molecule has 2 aromatic rings. The Bertz CT molecular complexity index is 1560. The molecule has 16 heteroatoms. The van der Waals surface area contributed by atoms with E-state index in [0.29, 0.717) is 59.8 Å². The lowest BCUT2D eigenvalue weighted by Gasteiger charge is -2.19. The number of hydrogen-bond acceptors (Lipinski definition) is 12. The van der Waals surface area contributed by atoms with Gasteiger partial charge in [-0.1, -0.05) is 6.07 Å². The van der Waals surface area contributed by atoms with Crippen LogP contribution < -0.4 is 25.0 Å². The second-order valence-electron chi connectivity index (χ2n) is 10.3. The number of aromatic nitrogens is 1. The first-order chi connectivity index (χ1) is 20.7. The van der Waals surface area contributed by atoms with Gasteiger partial charge in [-0.25, -0.2) is 18.2 Å². The van der Waals surface area contributed by atoms with Crippen molar-refractivity contribution in [3.63, 3.8) is 0 Å². The molecule has 1 fully saturated rings. The van der Waals surface area contributed by atoms with Crippen LogP contribution in [0.2, 0.25) is 0 Å². The number of hydroxylamine groups is 1.